The molecule has 1 aromatic heterocycles. The zero-order valence-electron chi connectivity index (χ0n) is 16.0. The van der Waals surface area contributed by atoms with Gasteiger partial charge in [0.25, 0.3) is 5.56 Å². The van der Waals surface area contributed by atoms with E-state index in [0.29, 0.717) is 17.0 Å². The van der Waals surface area contributed by atoms with Gasteiger partial charge in [-0.15, -0.1) is 18.8 Å². The second kappa shape index (κ2) is 11.5. The summed E-state index contributed by atoms with van der Waals surface area (Å²) < 4.78 is 0. The van der Waals surface area contributed by atoms with Crippen LogP contribution in [0.1, 0.15) is 19.3 Å². The molecule has 0 unspecified atom stereocenters. The lowest BCUT2D eigenvalue weighted by atomic mass is 10.0. The summed E-state index contributed by atoms with van der Waals surface area (Å²) in [6, 6.07) is 13.2. The van der Waals surface area contributed by atoms with E-state index in [9.17, 15) is 4.79 Å². The van der Waals surface area contributed by atoms with Crippen LogP contribution in [0.2, 0.25) is 5.02 Å². The molecule has 0 fully saturated rings. The number of hydrogen-bond acceptors (Lipinski definition) is 4. The average Bonchev–Trinajstić information content (AvgIpc) is 2.72. The van der Waals surface area contributed by atoms with Crippen LogP contribution in [-0.4, -0.2) is 29.8 Å². The number of nitrogens with one attached hydrogen (secondary N) is 3. The van der Waals surface area contributed by atoms with E-state index in [1.165, 1.54) is 0 Å². The van der Waals surface area contributed by atoms with Crippen LogP contribution in [0.25, 0.3) is 22.0 Å². The Labute approximate surface area is 181 Å². The quantitative estimate of drug-likeness (QED) is 0.345. The largest absolute Gasteiger partial charge is 0.384 e. The summed E-state index contributed by atoms with van der Waals surface area (Å²) >= 11 is 6.35. The number of aromatic nitrogens is 2. The topological polar surface area (TPSA) is 69.8 Å². The number of fused-ring (bicyclic) bond motifs is 1. The molecule has 0 atom stereocenters. The molecule has 29 heavy (non-hydrogen) atoms. The van der Waals surface area contributed by atoms with E-state index in [0.717, 1.165) is 54.7 Å². The molecule has 0 saturated heterocycles. The van der Waals surface area contributed by atoms with Crippen molar-refractivity contribution in [2.45, 2.75) is 19.3 Å². The van der Waals surface area contributed by atoms with E-state index in [4.69, 9.17) is 18.0 Å². The van der Waals surface area contributed by atoms with Crippen LogP contribution >= 0.6 is 24.0 Å². The molecule has 0 aliphatic rings. The maximum atomic E-state index is 12.0. The summed E-state index contributed by atoms with van der Waals surface area (Å²) in [7, 11) is 0. The predicted octanol–water partition coefficient (Wildman–Crippen LogP) is 4.47. The Morgan fingerprint density at radius 1 is 1.07 bits per heavy atom. The molecule has 7 heteroatoms. The molecule has 2 aromatic carbocycles. The standard InChI is InChI=1S/C22H23ClN4O.ClH/c1-2-12-24-13-6-3-7-14-25-20-15-16(10-11-19(20)23)21-17-8-4-5-9-18(17)22(28)27-26-21;/h1,4-5,8-11,15,24-25H,3,6-7,12-14H2,(H,27,28);1H. The van der Waals surface area contributed by atoms with Crippen molar-refractivity contribution in [1.82, 2.24) is 15.5 Å². The van der Waals surface area contributed by atoms with Gasteiger partial charge >= 0.3 is 0 Å². The van der Waals surface area contributed by atoms with Gasteiger partial charge in [-0.3, -0.25) is 4.79 Å². The number of halogens is 2. The molecule has 5 nitrogen and oxygen atoms in total. The van der Waals surface area contributed by atoms with Crippen molar-refractivity contribution in [3.05, 3.63) is 57.8 Å². The van der Waals surface area contributed by atoms with E-state index >= 15 is 0 Å². The number of anilines is 1. The molecule has 3 N–H and O–H groups in total. The summed E-state index contributed by atoms with van der Waals surface area (Å²) in [5.41, 5.74) is 2.30. The van der Waals surface area contributed by atoms with E-state index in [-0.39, 0.29) is 18.0 Å². The van der Waals surface area contributed by atoms with Gasteiger partial charge < -0.3 is 10.6 Å². The summed E-state index contributed by atoms with van der Waals surface area (Å²) in [6.45, 7) is 2.39. The molecule has 0 spiro atoms. The minimum Gasteiger partial charge on any atom is -0.384 e. The Bertz CT molecular complexity index is 1040. The lowest BCUT2D eigenvalue weighted by molar-refractivity contribution is 0.641. The first-order valence-corrected chi connectivity index (χ1v) is 9.74. The lowest BCUT2D eigenvalue weighted by Crippen LogP contribution is -2.15. The Balaban J connectivity index is 0.00000300. The molecule has 3 aromatic rings. The SMILES string of the molecule is C#CCNCCCCCNc1cc(-c2n[nH]c(=O)c3ccccc23)ccc1Cl.Cl. The van der Waals surface area contributed by atoms with Gasteiger partial charge in [0, 0.05) is 17.5 Å². The third kappa shape index (κ3) is 5.98. The van der Waals surface area contributed by atoms with Gasteiger partial charge in [0.05, 0.1) is 28.3 Å². The lowest BCUT2D eigenvalue weighted by Gasteiger charge is -2.11. The van der Waals surface area contributed by atoms with Crippen molar-refractivity contribution < 1.29 is 0 Å². The van der Waals surface area contributed by atoms with Gasteiger partial charge in [0.1, 0.15) is 0 Å². The molecule has 0 aliphatic heterocycles. The first-order valence-electron chi connectivity index (χ1n) is 9.36. The summed E-state index contributed by atoms with van der Waals surface area (Å²) in [6.07, 6.45) is 8.44. The summed E-state index contributed by atoms with van der Waals surface area (Å²) in [5.74, 6) is 2.57. The fraction of sp³-hybridized carbons (Fsp3) is 0.273. The molecule has 0 radical (unpaired) electrons. The highest BCUT2D eigenvalue weighted by molar-refractivity contribution is 6.33. The second-order valence-electron chi connectivity index (χ2n) is 6.51. The van der Waals surface area contributed by atoms with Gasteiger partial charge in [-0.25, -0.2) is 5.10 Å². The van der Waals surface area contributed by atoms with E-state index < -0.39 is 0 Å². The number of unbranched alkanes of at least 4 members (excludes halogenated alkanes) is 2. The van der Waals surface area contributed by atoms with Crippen LogP contribution in [0.5, 0.6) is 0 Å². The normalized spacial score (nSPS) is 10.3. The van der Waals surface area contributed by atoms with Gasteiger partial charge in [0.15, 0.2) is 0 Å². The molecule has 1 heterocycles. The molecule has 3 rings (SSSR count). The summed E-state index contributed by atoms with van der Waals surface area (Å²) in [4.78, 5) is 12.0. The Kier molecular flexibility index (Phi) is 9.01. The monoisotopic (exact) mass is 430 g/mol. The molecular formula is C22H24Cl2N4O. The van der Waals surface area contributed by atoms with Gasteiger partial charge in [0.2, 0.25) is 0 Å². The smallest absolute Gasteiger partial charge is 0.272 e. The van der Waals surface area contributed by atoms with E-state index in [1.54, 1.807) is 6.07 Å². The van der Waals surface area contributed by atoms with E-state index in [2.05, 4.69) is 26.8 Å². The molecule has 0 bridgehead atoms. The number of benzene rings is 2. The number of aromatic amines is 1. The first-order chi connectivity index (χ1) is 13.7. The maximum absolute atomic E-state index is 12.0. The fourth-order valence-electron chi connectivity index (χ4n) is 3.08. The van der Waals surface area contributed by atoms with Crippen molar-refractivity contribution in [2.75, 3.05) is 25.0 Å². The van der Waals surface area contributed by atoms with Crippen LogP contribution in [0.3, 0.4) is 0 Å². The van der Waals surface area contributed by atoms with Gasteiger partial charge in [-0.1, -0.05) is 48.2 Å². The van der Waals surface area contributed by atoms with Crippen molar-refractivity contribution in [3.8, 4) is 23.6 Å². The highest BCUT2D eigenvalue weighted by atomic mass is 35.5. The van der Waals surface area contributed by atoms with Crippen molar-refractivity contribution in [1.29, 1.82) is 0 Å². The Morgan fingerprint density at radius 3 is 2.62 bits per heavy atom. The number of hydrogen-bond donors (Lipinski definition) is 3. The third-order valence-corrected chi connectivity index (χ3v) is 4.84. The molecule has 0 aliphatic carbocycles. The zero-order chi connectivity index (χ0) is 19.8. The van der Waals surface area contributed by atoms with Gasteiger partial charge in [-0.05, 0) is 37.6 Å². The molecular weight excluding hydrogens is 407 g/mol. The minimum absolute atomic E-state index is 0. The number of H-pyrrole nitrogens is 1. The molecule has 152 valence electrons. The highest BCUT2D eigenvalue weighted by Crippen LogP contribution is 2.30. The van der Waals surface area contributed by atoms with Crippen molar-refractivity contribution in [3.63, 3.8) is 0 Å². The van der Waals surface area contributed by atoms with Crippen LogP contribution in [0, 0.1) is 12.3 Å². The predicted molar refractivity (Wildman–Crippen MR) is 124 cm³/mol. The number of terminal acetylenes is 1. The van der Waals surface area contributed by atoms with Crippen LogP contribution in [0.4, 0.5) is 5.69 Å². The second-order valence-corrected chi connectivity index (χ2v) is 6.92. The Morgan fingerprint density at radius 2 is 1.83 bits per heavy atom. The molecule has 0 saturated carbocycles. The molecule has 0 amide bonds. The van der Waals surface area contributed by atoms with Crippen molar-refractivity contribution >= 4 is 40.5 Å². The maximum Gasteiger partial charge on any atom is 0.272 e. The zero-order valence-corrected chi connectivity index (χ0v) is 17.6. The number of rotatable bonds is 9. The van der Waals surface area contributed by atoms with Crippen LogP contribution in [0.15, 0.2) is 47.3 Å². The average molecular weight is 431 g/mol. The van der Waals surface area contributed by atoms with Crippen LogP contribution < -0.4 is 16.2 Å². The van der Waals surface area contributed by atoms with Crippen LogP contribution in [-0.2, 0) is 0 Å². The summed E-state index contributed by atoms with van der Waals surface area (Å²) in [5, 5.41) is 15.5. The third-order valence-electron chi connectivity index (χ3n) is 4.51. The highest BCUT2D eigenvalue weighted by Gasteiger charge is 2.10. The fourth-order valence-corrected chi connectivity index (χ4v) is 3.26. The van der Waals surface area contributed by atoms with E-state index in [1.807, 2.05) is 36.4 Å². The minimum atomic E-state index is -0.191. The van der Waals surface area contributed by atoms with Crippen molar-refractivity contribution in [2.24, 2.45) is 0 Å². The van der Waals surface area contributed by atoms with Gasteiger partial charge in [-0.2, -0.15) is 5.10 Å². The number of nitrogens with zero attached hydrogens (tertiary/aromatic N) is 1. The Hall–Kier alpha value is -2.52. The first kappa shape index (κ1) is 22.8.